The van der Waals surface area contributed by atoms with Crippen LogP contribution in [0.4, 0.5) is 0 Å². The van der Waals surface area contributed by atoms with Crippen molar-refractivity contribution in [1.29, 1.82) is 0 Å². The van der Waals surface area contributed by atoms with Crippen LogP contribution in [0.1, 0.15) is 21.7 Å². The van der Waals surface area contributed by atoms with E-state index in [-0.39, 0.29) is 5.69 Å². The average Bonchev–Trinajstić information content (AvgIpc) is 2.57. The molecule has 0 radical (unpaired) electrons. The molecule has 0 aliphatic carbocycles. The molecule has 0 unspecified atom stereocenters. The molecular formula is C12H12N2O2. The molecule has 0 spiro atoms. The second-order valence-electron chi connectivity index (χ2n) is 3.61. The first kappa shape index (κ1) is 10.4. The number of hydrogen-bond acceptors (Lipinski definition) is 2. The standard InChI is InChI=1S/C12H12N2O2/c1-8-9(2)13-14(11(8)12(15)16)10-6-4-3-5-7-10/h3-7H,1-2H3,(H,15,16). The summed E-state index contributed by atoms with van der Waals surface area (Å²) in [7, 11) is 0. The summed E-state index contributed by atoms with van der Waals surface area (Å²) in [5.41, 5.74) is 2.43. The highest BCUT2D eigenvalue weighted by Crippen LogP contribution is 2.17. The van der Waals surface area contributed by atoms with Crippen molar-refractivity contribution in [3.63, 3.8) is 0 Å². The predicted molar refractivity (Wildman–Crippen MR) is 60.0 cm³/mol. The zero-order valence-corrected chi connectivity index (χ0v) is 9.14. The maximum Gasteiger partial charge on any atom is 0.354 e. The summed E-state index contributed by atoms with van der Waals surface area (Å²) in [6.45, 7) is 3.58. The van der Waals surface area contributed by atoms with Crippen LogP contribution < -0.4 is 0 Å². The van der Waals surface area contributed by atoms with Gasteiger partial charge in [0.05, 0.1) is 11.4 Å². The van der Waals surface area contributed by atoms with E-state index in [2.05, 4.69) is 5.10 Å². The first-order valence-corrected chi connectivity index (χ1v) is 4.96. The Balaban J connectivity index is 2.66. The lowest BCUT2D eigenvalue weighted by atomic mass is 10.2. The van der Waals surface area contributed by atoms with Gasteiger partial charge in [0, 0.05) is 5.56 Å². The van der Waals surface area contributed by atoms with Gasteiger partial charge in [-0.1, -0.05) is 18.2 Å². The van der Waals surface area contributed by atoms with Gasteiger partial charge in [-0.05, 0) is 26.0 Å². The molecule has 2 rings (SSSR count). The lowest BCUT2D eigenvalue weighted by Gasteiger charge is -2.03. The van der Waals surface area contributed by atoms with Crippen LogP contribution >= 0.6 is 0 Å². The van der Waals surface area contributed by atoms with Crippen LogP contribution in [0.15, 0.2) is 30.3 Å². The number of rotatable bonds is 2. The molecule has 0 bridgehead atoms. The third kappa shape index (κ3) is 1.58. The van der Waals surface area contributed by atoms with E-state index in [9.17, 15) is 4.79 Å². The number of benzene rings is 1. The predicted octanol–water partition coefficient (Wildman–Crippen LogP) is 2.19. The van der Waals surface area contributed by atoms with Crippen molar-refractivity contribution in [2.24, 2.45) is 0 Å². The number of hydrogen-bond donors (Lipinski definition) is 1. The number of nitrogens with zero attached hydrogens (tertiary/aromatic N) is 2. The number of carbonyl (C=O) groups is 1. The highest BCUT2D eigenvalue weighted by molar-refractivity contribution is 5.88. The van der Waals surface area contributed by atoms with Gasteiger partial charge in [0.25, 0.3) is 0 Å². The van der Waals surface area contributed by atoms with Gasteiger partial charge in [0.15, 0.2) is 5.69 Å². The minimum Gasteiger partial charge on any atom is -0.477 e. The summed E-state index contributed by atoms with van der Waals surface area (Å²) < 4.78 is 1.47. The smallest absolute Gasteiger partial charge is 0.354 e. The maximum atomic E-state index is 11.2. The van der Waals surface area contributed by atoms with E-state index < -0.39 is 5.97 Å². The highest BCUT2D eigenvalue weighted by Gasteiger charge is 2.18. The average molecular weight is 216 g/mol. The summed E-state index contributed by atoms with van der Waals surface area (Å²) in [6, 6.07) is 9.25. The largest absolute Gasteiger partial charge is 0.477 e. The van der Waals surface area contributed by atoms with Crippen molar-refractivity contribution in [2.75, 3.05) is 0 Å². The van der Waals surface area contributed by atoms with Gasteiger partial charge in [-0.25, -0.2) is 9.48 Å². The number of aromatic carboxylic acids is 1. The molecule has 4 heteroatoms. The number of carboxylic acid groups (broad SMARTS) is 1. The number of aryl methyl sites for hydroxylation is 1. The van der Waals surface area contributed by atoms with Crippen molar-refractivity contribution in [2.45, 2.75) is 13.8 Å². The van der Waals surface area contributed by atoms with E-state index in [0.29, 0.717) is 5.56 Å². The van der Waals surface area contributed by atoms with E-state index in [4.69, 9.17) is 5.11 Å². The molecule has 82 valence electrons. The minimum atomic E-state index is -0.957. The molecule has 0 amide bonds. The summed E-state index contributed by atoms with van der Waals surface area (Å²) in [5, 5.41) is 13.4. The first-order valence-electron chi connectivity index (χ1n) is 4.96. The van der Waals surface area contributed by atoms with E-state index >= 15 is 0 Å². The SMILES string of the molecule is Cc1nn(-c2ccccc2)c(C(=O)O)c1C. The molecule has 0 aliphatic heterocycles. The number of para-hydroxylation sites is 1. The zero-order valence-electron chi connectivity index (χ0n) is 9.14. The van der Waals surface area contributed by atoms with Crippen LogP contribution in [0.25, 0.3) is 5.69 Å². The van der Waals surface area contributed by atoms with Crippen LogP contribution in [0.5, 0.6) is 0 Å². The third-order valence-corrected chi connectivity index (χ3v) is 2.56. The van der Waals surface area contributed by atoms with Crippen molar-refractivity contribution in [3.05, 3.63) is 47.3 Å². The summed E-state index contributed by atoms with van der Waals surface area (Å²) >= 11 is 0. The van der Waals surface area contributed by atoms with E-state index in [0.717, 1.165) is 11.4 Å². The number of carboxylic acids is 1. The van der Waals surface area contributed by atoms with Gasteiger partial charge in [-0.2, -0.15) is 5.10 Å². The molecule has 0 aliphatic rings. The summed E-state index contributed by atoms with van der Waals surface area (Å²) in [4.78, 5) is 11.2. The number of aromatic nitrogens is 2. The van der Waals surface area contributed by atoms with Crippen LogP contribution in [0, 0.1) is 13.8 Å². The van der Waals surface area contributed by atoms with E-state index in [1.807, 2.05) is 30.3 Å². The van der Waals surface area contributed by atoms with Gasteiger partial charge in [0.2, 0.25) is 0 Å². The van der Waals surface area contributed by atoms with Gasteiger partial charge >= 0.3 is 5.97 Å². The van der Waals surface area contributed by atoms with Crippen molar-refractivity contribution in [1.82, 2.24) is 9.78 Å². The van der Waals surface area contributed by atoms with Gasteiger partial charge in [-0.3, -0.25) is 0 Å². The lowest BCUT2D eigenvalue weighted by Crippen LogP contribution is -2.08. The lowest BCUT2D eigenvalue weighted by molar-refractivity contribution is 0.0686. The molecular weight excluding hydrogens is 204 g/mol. The van der Waals surface area contributed by atoms with Gasteiger partial charge in [0.1, 0.15) is 0 Å². The summed E-state index contributed by atoms with van der Waals surface area (Å²) in [5.74, 6) is -0.957. The Labute approximate surface area is 93.1 Å². The van der Waals surface area contributed by atoms with Crippen LogP contribution in [0.3, 0.4) is 0 Å². The summed E-state index contributed by atoms with van der Waals surface area (Å²) in [6.07, 6.45) is 0. The minimum absolute atomic E-state index is 0.226. The van der Waals surface area contributed by atoms with Crippen LogP contribution in [-0.2, 0) is 0 Å². The molecule has 1 aromatic carbocycles. The Bertz CT molecular complexity index is 529. The fraction of sp³-hybridized carbons (Fsp3) is 0.167. The Morgan fingerprint density at radius 3 is 2.44 bits per heavy atom. The Morgan fingerprint density at radius 2 is 1.88 bits per heavy atom. The van der Waals surface area contributed by atoms with Crippen LogP contribution in [0.2, 0.25) is 0 Å². The fourth-order valence-corrected chi connectivity index (χ4v) is 1.61. The molecule has 2 aromatic rings. The molecule has 16 heavy (non-hydrogen) atoms. The van der Waals surface area contributed by atoms with Crippen molar-refractivity contribution >= 4 is 5.97 Å². The van der Waals surface area contributed by atoms with E-state index in [1.165, 1.54) is 4.68 Å². The molecule has 1 heterocycles. The second kappa shape index (κ2) is 3.81. The third-order valence-electron chi connectivity index (χ3n) is 2.56. The van der Waals surface area contributed by atoms with E-state index in [1.54, 1.807) is 13.8 Å². The fourth-order valence-electron chi connectivity index (χ4n) is 1.61. The Kier molecular flexibility index (Phi) is 2.48. The first-order chi connectivity index (χ1) is 7.61. The zero-order chi connectivity index (χ0) is 11.7. The van der Waals surface area contributed by atoms with Gasteiger partial charge in [-0.15, -0.1) is 0 Å². The molecule has 1 N–H and O–H groups in total. The Hall–Kier alpha value is -2.10. The topological polar surface area (TPSA) is 55.1 Å². The maximum absolute atomic E-state index is 11.2. The molecule has 0 saturated heterocycles. The van der Waals surface area contributed by atoms with Crippen LogP contribution in [-0.4, -0.2) is 20.9 Å². The molecule has 0 atom stereocenters. The molecule has 4 nitrogen and oxygen atoms in total. The van der Waals surface area contributed by atoms with Crippen molar-refractivity contribution < 1.29 is 9.90 Å². The normalized spacial score (nSPS) is 10.4. The highest BCUT2D eigenvalue weighted by atomic mass is 16.4. The van der Waals surface area contributed by atoms with Crippen molar-refractivity contribution in [3.8, 4) is 5.69 Å². The molecule has 0 fully saturated rings. The quantitative estimate of drug-likeness (QED) is 0.837. The molecule has 1 aromatic heterocycles. The second-order valence-corrected chi connectivity index (χ2v) is 3.61. The Morgan fingerprint density at radius 1 is 1.25 bits per heavy atom. The monoisotopic (exact) mass is 216 g/mol. The van der Waals surface area contributed by atoms with Gasteiger partial charge < -0.3 is 5.11 Å². The molecule has 0 saturated carbocycles.